The van der Waals surface area contributed by atoms with E-state index in [4.69, 9.17) is 5.73 Å². The maximum Gasteiger partial charge on any atom is 0.229 e. The summed E-state index contributed by atoms with van der Waals surface area (Å²) in [6, 6.07) is 19.3. The third kappa shape index (κ3) is 5.83. The molecular weight excluding hydrogens is 517 g/mol. The molecule has 0 saturated heterocycles. The Bertz CT molecular complexity index is 1770. The van der Waals surface area contributed by atoms with Crippen LogP contribution in [-0.2, 0) is 29.1 Å². The van der Waals surface area contributed by atoms with Crippen LogP contribution in [0.1, 0.15) is 16.7 Å². The number of nitrogens with one attached hydrogen (secondary N) is 1. The van der Waals surface area contributed by atoms with Crippen LogP contribution in [0.25, 0.3) is 11.0 Å². The molecule has 0 atom stereocenters. The topological polar surface area (TPSA) is 119 Å². The number of nitrogen functional groups attached to an aromatic ring is 1. The highest BCUT2D eigenvalue weighted by Gasteiger charge is 2.19. The lowest BCUT2D eigenvalue weighted by Crippen LogP contribution is -2.15. The van der Waals surface area contributed by atoms with Crippen LogP contribution in [-0.4, -0.2) is 41.2 Å². The van der Waals surface area contributed by atoms with Crippen molar-refractivity contribution in [3.63, 3.8) is 0 Å². The minimum atomic E-state index is -3.11. The number of nitrogens with zero attached hydrogens (tertiary/aromatic N) is 5. The molecule has 0 amide bonds. The third-order valence-electron chi connectivity index (χ3n) is 6.42. The van der Waals surface area contributed by atoms with Gasteiger partial charge in [-0.2, -0.15) is 4.98 Å². The zero-order valence-electron chi connectivity index (χ0n) is 21.8. The molecule has 3 N–H and O–H groups in total. The highest BCUT2D eigenvalue weighted by molar-refractivity contribution is 7.89. The van der Waals surface area contributed by atoms with Gasteiger partial charge in [0.1, 0.15) is 11.6 Å². The Kier molecular flexibility index (Phi) is 6.92. The molecule has 0 spiro atoms. The Labute approximate surface area is 226 Å². The number of nitrogens with two attached hydrogens (primary N) is 1. The molecular formula is C28H28FN7O2S. The fourth-order valence-corrected chi connectivity index (χ4v) is 5.29. The van der Waals surface area contributed by atoms with Crippen LogP contribution >= 0.6 is 0 Å². The largest absolute Gasteiger partial charge is 0.369 e. The van der Waals surface area contributed by atoms with E-state index in [0.29, 0.717) is 29.7 Å². The molecule has 0 aliphatic rings. The summed E-state index contributed by atoms with van der Waals surface area (Å²) in [5.41, 5.74) is 11.7. The van der Waals surface area contributed by atoms with Crippen molar-refractivity contribution in [3.05, 3.63) is 95.4 Å². The summed E-state index contributed by atoms with van der Waals surface area (Å²) in [4.78, 5) is 15.6. The smallest absolute Gasteiger partial charge is 0.229 e. The number of aromatic nitrogens is 4. The molecule has 5 aromatic rings. The van der Waals surface area contributed by atoms with Crippen LogP contribution in [0.5, 0.6) is 0 Å². The predicted octanol–water partition coefficient (Wildman–Crippen LogP) is 4.73. The van der Waals surface area contributed by atoms with E-state index in [-0.39, 0.29) is 11.6 Å². The fraction of sp³-hybridized carbons (Fsp3) is 0.179. The van der Waals surface area contributed by atoms with Gasteiger partial charge in [-0.25, -0.2) is 22.8 Å². The van der Waals surface area contributed by atoms with E-state index in [0.717, 1.165) is 33.5 Å². The van der Waals surface area contributed by atoms with Crippen molar-refractivity contribution >= 4 is 50.0 Å². The van der Waals surface area contributed by atoms with Crippen molar-refractivity contribution in [1.82, 2.24) is 19.5 Å². The summed E-state index contributed by atoms with van der Waals surface area (Å²) in [5, 5.41) is 3.17. The molecule has 0 aliphatic carbocycles. The van der Waals surface area contributed by atoms with Gasteiger partial charge in [0.25, 0.3) is 0 Å². The zero-order valence-corrected chi connectivity index (χ0v) is 22.6. The lowest BCUT2D eigenvalue weighted by atomic mass is 10.0. The number of sulfone groups is 1. The first-order valence-corrected chi connectivity index (χ1v) is 14.2. The first kappa shape index (κ1) is 26.1. The Morgan fingerprint density at radius 3 is 2.51 bits per heavy atom. The van der Waals surface area contributed by atoms with Gasteiger partial charge in [-0.3, -0.25) is 0 Å². The molecule has 0 bridgehead atoms. The molecule has 0 aliphatic heterocycles. The van der Waals surface area contributed by atoms with E-state index in [1.54, 1.807) is 42.6 Å². The molecule has 0 saturated carbocycles. The number of fused-ring (bicyclic) bond motifs is 1. The number of halogens is 1. The molecule has 2 heterocycles. The minimum Gasteiger partial charge on any atom is -0.369 e. The van der Waals surface area contributed by atoms with Crippen molar-refractivity contribution in [2.75, 3.05) is 29.3 Å². The van der Waals surface area contributed by atoms with Crippen LogP contribution in [0.3, 0.4) is 0 Å². The number of aryl methyl sites for hydroxylation is 1. The van der Waals surface area contributed by atoms with Crippen molar-refractivity contribution < 1.29 is 12.8 Å². The van der Waals surface area contributed by atoms with Crippen molar-refractivity contribution in [1.29, 1.82) is 0 Å². The highest BCUT2D eigenvalue weighted by Crippen LogP contribution is 2.34. The molecule has 11 heteroatoms. The van der Waals surface area contributed by atoms with E-state index in [2.05, 4.69) is 20.3 Å². The van der Waals surface area contributed by atoms with Gasteiger partial charge in [0.05, 0.1) is 16.8 Å². The van der Waals surface area contributed by atoms with Gasteiger partial charge in [0.15, 0.2) is 9.84 Å². The monoisotopic (exact) mass is 545 g/mol. The van der Waals surface area contributed by atoms with Gasteiger partial charge < -0.3 is 20.5 Å². The molecule has 200 valence electrons. The Morgan fingerprint density at radius 1 is 1.03 bits per heavy atom. The summed E-state index contributed by atoms with van der Waals surface area (Å²) in [7, 11) is 0.642. The average molecular weight is 546 g/mol. The molecule has 0 radical (unpaired) electrons. The van der Waals surface area contributed by atoms with E-state index in [1.165, 1.54) is 18.4 Å². The zero-order chi connectivity index (χ0) is 27.7. The number of rotatable bonds is 8. The second-order valence-electron chi connectivity index (χ2n) is 9.46. The van der Waals surface area contributed by atoms with Gasteiger partial charge in [-0.15, -0.1) is 0 Å². The first-order valence-electron chi connectivity index (χ1n) is 12.2. The summed E-state index contributed by atoms with van der Waals surface area (Å²) in [6.07, 6.45) is 3.31. The van der Waals surface area contributed by atoms with Gasteiger partial charge >= 0.3 is 0 Å². The van der Waals surface area contributed by atoms with Gasteiger partial charge in [0, 0.05) is 49.9 Å². The van der Waals surface area contributed by atoms with E-state index < -0.39 is 9.84 Å². The van der Waals surface area contributed by atoms with Gasteiger partial charge in [-0.05, 0) is 53.6 Å². The maximum atomic E-state index is 14.0. The number of anilines is 5. The molecule has 5 rings (SSSR count). The SMILES string of the molecule is CN(c1ccnc(Nc2ccc(CS(C)(=O)=O)cc2)n1)c1ccc2c(nc(N)n2C)c1Cc1cccc(F)c1. The van der Waals surface area contributed by atoms with Crippen molar-refractivity contribution in [2.45, 2.75) is 12.2 Å². The quantitative estimate of drug-likeness (QED) is 0.287. The molecule has 9 nitrogen and oxygen atoms in total. The number of imidazole rings is 1. The number of benzene rings is 3. The predicted molar refractivity (Wildman–Crippen MR) is 153 cm³/mol. The number of hydrogen-bond acceptors (Lipinski definition) is 8. The highest BCUT2D eigenvalue weighted by atomic mass is 32.2. The van der Waals surface area contributed by atoms with E-state index in [1.807, 2.05) is 41.8 Å². The first-order chi connectivity index (χ1) is 18.6. The minimum absolute atomic E-state index is 0.0196. The van der Waals surface area contributed by atoms with Crippen molar-refractivity contribution in [2.24, 2.45) is 7.05 Å². The van der Waals surface area contributed by atoms with Gasteiger partial charge in [0.2, 0.25) is 11.9 Å². The normalized spacial score (nSPS) is 11.6. The Hall–Kier alpha value is -4.51. The van der Waals surface area contributed by atoms with Crippen molar-refractivity contribution in [3.8, 4) is 0 Å². The fourth-order valence-electron chi connectivity index (χ4n) is 4.50. The van der Waals surface area contributed by atoms with E-state index in [9.17, 15) is 12.8 Å². The van der Waals surface area contributed by atoms with E-state index >= 15 is 0 Å². The Balaban J connectivity index is 1.47. The lowest BCUT2D eigenvalue weighted by molar-refractivity contribution is 0.601. The summed E-state index contributed by atoms with van der Waals surface area (Å²) in [5.74, 6) is 1.08. The Morgan fingerprint density at radius 2 is 1.79 bits per heavy atom. The molecule has 0 unspecified atom stereocenters. The molecule has 0 fully saturated rings. The van der Waals surface area contributed by atoms with Crippen LogP contribution < -0.4 is 16.0 Å². The second-order valence-corrected chi connectivity index (χ2v) is 11.6. The lowest BCUT2D eigenvalue weighted by Gasteiger charge is -2.22. The number of hydrogen-bond donors (Lipinski definition) is 2. The second kappa shape index (κ2) is 10.3. The van der Waals surface area contributed by atoms with Crippen LogP contribution in [0, 0.1) is 5.82 Å². The third-order valence-corrected chi connectivity index (χ3v) is 7.28. The van der Waals surface area contributed by atoms with Crippen LogP contribution in [0.15, 0.2) is 72.9 Å². The summed E-state index contributed by atoms with van der Waals surface area (Å²) >= 11 is 0. The van der Waals surface area contributed by atoms with Crippen LogP contribution in [0.2, 0.25) is 0 Å². The molecule has 2 aromatic heterocycles. The van der Waals surface area contributed by atoms with Gasteiger partial charge in [-0.1, -0.05) is 24.3 Å². The summed E-state index contributed by atoms with van der Waals surface area (Å²) in [6.45, 7) is 0. The molecule has 39 heavy (non-hydrogen) atoms. The maximum absolute atomic E-state index is 14.0. The average Bonchev–Trinajstić information content (AvgIpc) is 3.18. The van der Waals surface area contributed by atoms with Crippen LogP contribution in [0.4, 0.5) is 33.5 Å². The standard InChI is InChI=1S/C28H28FN7O2S/c1-35(25-13-14-31-28(33-25)32-21-9-7-18(8-10-21)17-39(3,37)38)23-11-12-24-26(34-27(30)36(24)2)22(23)16-19-5-4-6-20(29)15-19/h4-15H,16-17H2,1-3H3,(H2,30,34)(H,31,32,33). The summed E-state index contributed by atoms with van der Waals surface area (Å²) < 4.78 is 38.9. The molecule has 3 aromatic carbocycles.